The van der Waals surface area contributed by atoms with Crippen molar-refractivity contribution in [2.45, 2.75) is 0 Å². The van der Waals surface area contributed by atoms with Gasteiger partial charge in [-0.05, 0) is 18.2 Å². The largest absolute Gasteiger partial charge is 0.361 e. The van der Waals surface area contributed by atoms with Gasteiger partial charge in [0, 0.05) is 10.6 Å². The lowest BCUT2D eigenvalue weighted by Gasteiger charge is -1.95. The van der Waals surface area contributed by atoms with Gasteiger partial charge in [-0.25, -0.2) is 4.99 Å². The van der Waals surface area contributed by atoms with Crippen LogP contribution in [-0.2, 0) is 0 Å². The third-order valence-corrected chi connectivity index (χ3v) is 3.05. The predicted molar refractivity (Wildman–Crippen MR) is 71.8 cm³/mol. The van der Waals surface area contributed by atoms with Crippen molar-refractivity contribution in [1.29, 1.82) is 0 Å². The topological polar surface area (TPSA) is 48.8 Å². The Balaban J connectivity index is 2.19. The lowest BCUT2D eigenvalue weighted by molar-refractivity contribution is -0.000143. The van der Waals surface area contributed by atoms with E-state index in [-0.39, 0.29) is 0 Å². The van der Waals surface area contributed by atoms with Crippen LogP contribution in [0.15, 0.2) is 53.5 Å². The third kappa shape index (κ3) is 1.66. The van der Waals surface area contributed by atoms with Gasteiger partial charge in [0.2, 0.25) is 0 Å². The highest BCUT2D eigenvalue weighted by atomic mass is 35.5. The zero-order valence-corrected chi connectivity index (χ0v) is 10.1. The molecule has 0 saturated heterocycles. The van der Waals surface area contributed by atoms with Crippen LogP contribution in [0.3, 0.4) is 0 Å². The highest BCUT2D eigenvalue weighted by Gasteiger charge is 2.30. The first kappa shape index (κ1) is 10.9. The molecule has 3 nitrogen and oxygen atoms in total. The maximum atomic E-state index is 9.20. The van der Waals surface area contributed by atoms with Gasteiger partial charge in [-0.15, -0.1) is 0 Å². The minimum atomic E-state index is 0.457. The molecule has 18 heavy (non-hydrogen) atoms. The second kappa shape index (κ2) is 4.22. The average Bonchev–Trinajstić information content (AvgIpc) is 2.77. The van der Waals surface area contributed by atoms with E-state index in [1.165, 1.54) is 0 Å². The number of hydrogen-bond donors (Lipinski definition) is 0. The zero-order chi connectivity index (χ0) is 12.5. The van der Waals surface area contributed by atoms with Gasteiger partial charge in [0.25, 0.3) is 0 Å². The molecule has 86 valence electrons. The van der Waals surface area contributed by atoms with E-state index < -0.39 is 0 Å². The Hall–Kier alpha value is -2.22. The molecule has 3 rings (SSSR count). The van der Waals surface area contributed by atoms with Gasteiger partial charge >= 0.3 is 5.71 Å². The fourth-order valence-electron chi connectivity index (χ4n) is 1.99. The molecule has 0 N–H and O–H groups in total. The summed E-state index contributed by atoms with van der Waals surface area (Å²) in [6.07, 6.45) is 0. The molecular weight excluding hydrogens is 246 g/mol. The van der Waals surface area contributed by atoms with Crippen LogP contribution < -0.4 is 0 Å². The van der Waals surface area contributed by atoms with E-state index in [1.54, 1.807) is 12.1 Å². The highest BCUT2D eigenvalue weighted by Crippen LogP contribution is 2.30. The van der Waals surface area contributed by atoms with Gasteiger partial charge in [0.1, 0.15) is 0 Å². The van der Waals surface area contributed by atoms with Crippen molar-refractivity contribution in [1.82, 2.24) is 0 Å². The van der Waals surface area contributed by atoms with E-state index >= 15 is 0 Å². The Morgan fingerprint density at radius 2 is 1.83 bits per heavy atom. The molecule has 0 aromatic heterocycles. The number of nitrogens with zero attached hydrogens (tertiary/aromatic N) is 3. The van der Waals surface area contributed by atoms with Gasteiger partial charge in [0.05, 0.1) is 11.3 Å². The van der Waals surface area contributed by atoms with Gasteiger partial charge in [-0.3, -0.25) is 0 Å². The predicted octanol–water partition coefficient (Wildman–Crippen LogP) is 3.49. The molecule has 1 aliphatic rings. The van der Waals surface area contributed by atoms with Crippen molar-refractivity contribution in [3.63, 3.8) is 0 Å². The Morgan fingerprint density at radius 3 is 2.56 bits per heavy atom. The summed E-state index contributed by atoms with van der Waals surface area (Å²) in [5.41, 5.74) is 12.8. The SMILES string of the molecule is [N-]=[N+]=C1C(c2ccccc2)=Nc2ccc(Cl)cc21. The van der Waals surface area contributed by atoms with Crippen LogP contribution in [0.25, 0.3) is 5.53 Å². The van der Waals surface area contributed by atoms with Crippen molar-refractivity contribution < 1.29 is 4.79 Å². The number of rotatable bonds is 1. The molecule has 1 heterocycles. The quantitative estimate of drug-likeness (QED) is 0.552. The van der Waals surface area contributed by atoms with Crippen LogP contribution in [0.1, 0.15) is 11.1 Å². The molecule has 0 bridgehead atoms. The molecular formula is C14H8ClN3. The first-order valence-electron chi connectivity index (χ1n) is 5.46. The molecule has 0 aliphatic carbocycles. The average molecular weight is 254 g/mol. The molecule has 4 heteroatoms. The minimum absolute atomic E-state index is 0.457. The summed E-state index contributed by atoms with van der Waals surface area (Å²) in [5.74, 6) is 0. The summed E-state index contributed by atoms with van der Waals surface area (Å²) >= 11 is 5.95. The van der Waals surface area contributed by atoms with Gasteiger partial charge < -0.3 is 5.53 Å². The summed E-state index contributed by atoms with van der Waals surface area (Å²) in [6.45, 7) is 0. The molecule has 1 aliphatic heterocycles. The molecule has 0 amide bonds. The maximum Gasteiger partial charge on any atom is 0.350 e. The fraction of sp³-hybridized carbons (Fsp3) is 0. The van der Waals surface area contributed by atoms with E-state index in [0.29, 0.717) is 16.4 Å². The second-order valence-electron chi connectivity index (χ2n) is 3.94. The van der Waals surface area contributed by atoms with Crippen LogP contribution in [0.4, 0.5) is 5.69 Å². The standard InChI is InChI=1S/C14H8ClN3/c15-10-6-7-12-11(8-10)14(18-16)13(17-12)9-4-2-1-3-5-9/h1-8H. The van der Waals surface area contributed by atoms with Crippen molar-refractivity contribution >= 4 is 28.7 Å². The van der Waals surface area contributed by atoms with Crippen molar-refractivity contribution in [3.05, 3.63) is 70.2 Å². The van der Waals surface area contributed by atoms with Gasteiger partial charge in [-0.1, -0.05) is 41.9 Å². The third-order valence-electron chi connectivity index (χ3n) is 2.82. The summed E-state index contributed by atoms with van der Waals surface area (Å²) in [4.78, 5) is 7.84. The molecule has 2 aromatic rings. The molecule has 0 radical (unpaired) electrons. The Labute approximate surface area is 109 Å². The lowest BCUT2D eigenvalue weighted by Crippen LogP contribution is -2.13. The fourth-order valence-corrected chi connectivity index (χ4v) is 2.17. The monoisotopic (exact) mass is 253 g/mol. The van der Waals surface area contributed by atoms with Crippen LogP contribution in [0, 0.1) is 0 Å². The molecule has 0 saturated carbocycles. The maximum absolute atomic E-state index is 9.20. The first-order valence-corrected chi connectivity index (χ1v) is 5.84. The van der Waals surface area contributed by atoms with E-state index in [2.05, 4.69) is 9.78 Å². The minimum Gasteiger partial charge on any atom is -0.361 e. The summed E-state index contributed by atoms with van der Waals surface area (Å²) < 4.78 is 0. The lowest BCUT2D eigenvalue weighted by atomic mass is 10.0. The number of aliphatic imine (C=N–C) groups is 1. The van der Waals surface area contributed by atoms with E-state index in [9.17, 15) is 5.53 Å². The Kier molecular flexibility index (Phi) is 2.56. The number of hydrogen-bond acceptors (Lipinski definition) is 1. The second-order valence-corrected chi connectivity index (χ2v) is 4.37. The highest BCUT2D eigenvalue weighted by molar-refractivity contribution is 6.55. The van der Waals surface area contributed by atoms with Crippen molar-refractivity contribution in [2.75, 3.05) is 0 Å². The smallest absolute Gasteiger partial charge is 0.350 e. The molecule has 2 aromatic carbocycles. The van der Waals surface area contributed by atoms with Crippen molar-refractivity contribution in [3.8, 4) is 0 Å². The van der Waals surface area contributed by atoms with E-state index in [1.807, 2.05) is 36.4 Å². The zero-order valence-electron chi connectivity index (χ0n) is 9.34. The molecule has 0 fully saturated rings. The van der Waals surface area contributed by atoms with Crippen LogP contribution in [-0.4, -0.2) is 16.2 Å². The Morgan fingerprint density at radius 1 is 1.06 bits per heavy atom. The first-order chi connectivity index (χ1) is 8.79. The summed E-state index contributed by atoms with van der Waals surface area (Å²) in [5, 5.41) is 0.597. The molecule has 0 unspecified atom stereocenters. The van der Waals surface area contributed by atoms with E-state index in [0.717, 1.165) is 16.8 Å². The summed E-state index contributed by atoms with van der Waals surface area (Å²) in [6, 6.07) is 15.0. The van der Waals surface area contributed by atoms with Crippen LogP contribution in [0.5, 0.6) is 0 Å². The van der Waals surface area contributed by atoms with Gasteiger partial charge in [0.15, 0.2) is 5.71 Å². The number of halogens is 1. The molecule has 0 spiro atoms. The normalized spacial score (nSPS) is 12.9. The number of benzene rings is 2. The van der Waals surface area contributed by atoms with Crippen LogP contribution >= 0.6 is 11.6 Å². The Bertz CT molecular complexity index is 698. The van der Waals surface area contributed by atoms with E-state index in [4.69, 9.17) is 11.6 Å². The summed E-state index contributed by atoms with van der Waals surface area (Å²) in [7, 11) is 0. The number of fused-ring (bicyclic) bond motifs is 1. The molecule has 0 atom stereocenters. The van der Waals surface area contributed by atoms with Crippen molar-refractivity contribution in [2.24, 2.45) is 4.99 Å². The van der Waals surface area contributed by atoms with Crippen LogP contribution in [0.2, 0.25) is 5.02 Å². The van der Waals surface area contributed by atoms with Gasteiger partial charge in [-0.2, -0.15) is 4.79 Å².